The lowest BCUT2D eigenvalue weighted by Crippen LogP contribution is -2.35. The van der Waals surface area contributed by atoms with E-state index in [1.807, 2.05) is 19.1 Å². The first kappa shape index (κ1) is 30.3. The standard InChI is InChI=1S/C26H24ClN5O3.C2HF3O2/c1-16-29-22-7-4-12-28-24(22)32(16)18-10-13-31(14-11-18)23-9-8-17(15-20(23)26(34)35)30-25(33)19-5-2-3-6-21(19)27;3-2(4,5)1(6)7/h2-9,12,15,18H,10-11,13-14H2,1H3,(H,30,33)(H,34,35);(H,6,7). The van der Waals surface area contributed by atoms with E-state index in [-0.39, 0.29) is 11.6 Å². The van der Waals surface area contributed by atoms with Crippen LogP contribution in [-0.4, -0.2) is 61.9 Å². The highest BCUT2D eigenvalue weighted by Gasteiger charge is 2.38. The SMILES string of the molecule is Cc1nc2cccnc2n1C1CCN(c2ccc(NC(=O)c3ccccc3Cl)cc2C(=O)O)CC1.O=C(O)C(F)(F)F. The number of aromatic nitrogens is 3. The van der Waals surface area contributed by atoms with Gasteiger partial charge in [-0.3, -0.25) is 4.79 Å². The van der Waals surface area contributed by atoms with E-state index >= 15 is 0 Å². The number of carboxylic acids is 2. The molecule has 220 valence electrons. The summed E-state index contributed by atoms with van der Waals surface area (Å²) in [7, 11) is 0. The van der Waals surface area contributed by atoms with E-state index in [9.17, 15) is 27.9 Å². The van der Waals surface area contributed by atoms with Gasteiger partial charge in [0.15, 0.2) is 5.65 Å². The average Bonchev–Trinajstić information content (AvgIpc) is 3.28. The number of alkyl halides is 3. The molecule has 0 atom stereocenters. The molecule has 1 fully saturated rings. The molecule has 10 nitrogen and oxygen atoms in total. The highest BCUT2D eigenvalue weighted by Crippen LogP contribution is 2.33. The molecule has 1 amide bonds. The summed E-state index contributed by atoms with van der Waals surface area (Å²) in [5, 5.41) is 20.1. The molecule has 5 rings (SSSR count). The van der Waals surface area contributed by atoms with Crippen molar-refractivity contribution in [2.75, 3.05) is 23.3 Å². The molecule has 0 radical (unpaired) electrons. The van der Waals surface area contributed by atoms with Crippen LogP contribution in [0.3, 0.4) is 0 Å². The third kappa shape index (κ3) is 6.79. The average molecular weight is 604 g/mol. The second-order valence-corrected chi connectivity index (χ2v) is 9.77. The van der Waals surface area contributed by atoms with E-state index in [2.05, 4.69) is 24.8 Å². The summed E-state index contributed by atoms with van der Waals surface area (Å²) in [6.45, 7) is 3.39. The molecule has 1 saturated heterocycles. The zero-order valence-corrected chi connectivity index (χ0v) is 22.9. The van der Waals surface area contributed by atoms with Gasteiger partial charge in [0.25, 0.3) is 5.91 Å². The van der Waals surface area contributed by atoms with Crippen molar-refractivity contribution < 1.29 is 37.8 Å². The molecular weight excluding hydrogens is 579 g/mol. The Kier molecular flexibility index (Phi) is 9.00. The Balaban J connectivity index is 0.000000517. The lowest BCUT2D eigenvalue weighted by atomic mass is 10.0. The van der Waals surface area contributed by atoms with E-state index in [1.165, 1.54) is 6.07 Å². The summed E-state index contributed by atoms with van der Waals surface area (Å²) < 4.78 is 33.9. The third-order valence-electron chi connectivity index (χ3n) is 6.64. The van der Waals surface area contributed by atoms with Crippen molar-refractivity contribution in [2.45, 2.75) is 32.0 Å². The van der Waals surface area contributed by atoms with Crippen LogP contribution in [0.4, 0.5) is 24.5 Å². The van der Waals surface area contributed by atoms with Crippen LogP contribution in [0.1, 0.15) is 45.4 Å². The minimum Gasteiger partial charge on any atom is -0.478 e. The smallest absolute Gasteiger partial charge is 0.478 e. The molecule has 2 aromatic carbocycles. The Morgan fingerprint density at radius 2 is 1.67 bits per heavy atom. The molecule has 0 saturated carbocycles. The van der Waals surface area contributed by atoms with Crippen LogP contribution in [0.15, 0.2) is 60.8 Å². The molecule has 0 bridgehead atoms. The number of amides is 1. The van der Waals surface area contributed by atoms with Gasteiger partial charge < -0.3 is 25.0 Å². The fourth-order valence-electron chi connectivity index (χ4n) is 4.75. The number of imidazole rings is 1. The normalized spacial score (nSPS) is 13.8. The van der Waals surface area contributed by atoms with Crippen LogP contribution in [-0.2, 0) is 4.79 Å². The van der Waals surface area contributed by atoms with Crippen LogP contribution in [0.25, 0.3) is 11.2 Å². The third-order valence-corrected chi connectivity index (χ3v) is 6.97. The van der Waals surface area contributed by atoms with Crippen molar-refractivity contribution in [3.05, 3.63) is 82.8 Å². The minimum atomic E-state index is -5.08. The van der Waals surface area contributed by atoms with Crippen molar-refractivity contribution in [2.24, 2.45) is 0 Å². The lowest BCUT2D eigenvalue weighted by Gasteiger charge is -2.35. The number of aryl methyl sites for hydroxylation is 1. The number of rotatable bonds is 5. The Hall–Kier alpha value is -4.65. The molecule has 3 heterocycles. The lowest BCUT2D eigenvalue weighted by molar-refractivity contribution is -0.192. The number of fused-ring (bicyclic) bond motifs is 1. The topological polar surface area (TPSA) is 138 Å². The van der Waals surface area contributed by atoms with Gasteiger partial charge in [-0.2, -0.15) is 13.2 Å². The van der Waals surface area contributed by atoms with Crippen molar-refractivity contribution in [3.8, 4) is 0 Å². The number of benzene rings is 2. The van der Waals surface area contributed by atoms with Gasteiger partial charge in [0, 0.05) is 31.0 Å². The molecule has 1 aliphatic heterocycles. The fourth-order valence-corrected chi connectivity index (χ4v) is 4.97. The maximum Gasteiger partial charge on any atom is 0.490 e. The summed E-state index contributed by atoms with van der Waals surface area (Å²) in [5.41, 5.74) is 3.28. The predicted molar refractivity (Wildman–Crippen MR) is 149 cm³/mol. The van der Waals surface area contributed by atoms with Gasteiger partial charge >= 0.3 is 18.1 Å². The number of hydrogen-bond donors (Lipinski definition) is 3. The van der Waals surface area contributed by atoms with Crippen LogP contribution >= 0.6 is 11.6 Å². The first-order chi connectivity index (χ1) is 19.9. The van der Waals surface area contributed by atoms with Crippen LogP contribution in [0, 0.1) is 6.92 Å². The number of anilines is 2. The van der Waals surface area contributed by atoms with Gasteiger partial charge in [-0.25, -0.2) is 19.6 Å². The maximum atomic E-state index is 12.6. The number of pyridine rings is 1. The maximum absolute atomic E-state index is 12.6. The zero-order valence-electron chi connectivity index (χ0n) is 22.1. The molecule has 4 aromatic rings. The van der Waals surface area contributed by atoms with E-state index in [1.54, 1.807) is 42.6 Å². The summed E-state index contributed by atoms with van der Waals surface area (Å²) in [6.07, 6.45) is -1.62. The zero-order chi connectivity index (χ0) is 30.6. The Morgan fingerprint density at radius 1 is 1.00 bits per heavy atom. The van der Waals surface area contributed by atoms with Crippen molar-refractivity contribution in [3.63, 3.8) is 0 Å². The van der Waals surface area contributed by atoms with Crippen molar-refractivity contribution >= 4 is 52.0 Å². The Morgan fingerprint density at radius 3 is 2.29 bits per heavy atom. The highest BCUT2D eigenvalue weighted by atomic mass is 35.5. The van der Waals surface area contributed by atoms with Gasteiger partial charge in [-0.05, 0) is 62.2 Å². The van der Waals surface area contributed by atoms with Gasteiger partial charge in [0.1, 0.15) is 11.3 Å². The first-order valence-corrected chi connectivity index (χ1v) is 13.0. The van der Waals surface area contributed by atoms with Crippen LogP contribution < -0.4 is 10.2 Å². The number of carbonyl (C=O) groups excluding carboxylic acids is 1. The van der Waals surface area contributed by atoms with Crippen molar-refractivity contribution in [1.29, 1.82) is 0 Å². The number of aliphatic carboxylic acids is 1. The largest absolute Gasteiger partial charge is 0.490 e. The molecule has 0 spiro atoms. The van der Waals surface area contributed by atoms with Crippen LogP contribution in [0.2, 0.25) is 5.02 Å². The van der Waals surface area contributed by atoms with E-state index < -0.39 is 24.0 Å². The van der Waals surface area contributed by atoms with Gasteiger partial charge in [-0.15, -0.1) is 0 Å². The van der Waals surface area contributed by atoms with E-state index in [4.69, 9.17) is 21.5 Å². The quantitative estimate of drug-likeness (QED) is 0.260. The molecule has 42 heavy (non-hydrogen) atoms. The molecular formula is C28H25ClF3N5O5. The number of aromatic carboxylic acids is 1. The monoisotopic (exact) mass is 603 g/mol. The van der Waals surface area contributed by atoms with Gasteiger partial charge in [0.05, 0.1) is 21.8 Å². The van der Waals surface area contributed by atoms with E-state index in [0.717, 1.165) is 29.8 Å². The number of nitrogens with one attached hydrogen (secondary N) is 1. The molecule has 0 unspecified atom stereocenters. The second kappa shape index (κ2) is 12.5. The highest BCUT2D eigenvalue weighted by molar-refractivity contribution is 6.34. The summed E-state index contributed by atoms with van der Waals surface area (Å²) >= 11 is 6.11. The fraction of sp³-hybridized carbons (Fsp3) is 0.250. The van der Waals surface area contributed by atoms with E-state index in [0.29, 0.717) is 35.1 Å². The minimum absolute atomic E-state index is 0.145. The Labute approximate surface area is 242 Å². The molecule has 1 aliphatic rings. The number of carbonyl (C=O) groups is 3. The first-order valence-electron chi connectivity index (χ1n) is 12.6. The Bertz CT molecular complexity index is 1630. The summed E-state index contributed by atoms with van der Waals surface area (Å²) in [5.74, 6) is -3.26. The number of nitrogens with zero attached hydrogens (tertiary/aromatic N) is 4. The van der Waals surface area contributed by atoms with Crippen LogP contribution in [0.5, 0.6) is 0 Å². The van der Waals surface area contributed by atoms with Gasteiger partial charge in [0.2, 0.25) is 0 Å². The number of hydrogen-bond acceptors (Lipinski definition) is 6. The number of carboxylic acid groups (broad SMARTS) is 2. The predicted octanol–water partition coefficient (Wildman–Crippen LogP) is 5.82. The molecule has 3 N–H and O–H groups in total. The number of piperidine rings is 1. The summed E-state index contributed by atoms with van der Waals surface area (Å²) in [4.78, 5) is 44.8. The molecule has 0 aliphatic carbocycles. The molecule has 2 aromatic heterocycles. The van der Waals surface area contributed by atoms with Gasteiger partial charge in [-0.1, -0.05) is 23.7 Å². The van der Waals surface area contributed by atoms with Crippen molar-refractivity contribution in [1.82, 2.24) is 14.5 Å². The summed E-state index contributed by atoms with van der Waals surface area (Å²) in [6, 6.07) is 15.8. The molecule has 14 heteroatoms. The number of halogens is 4. The second-order valence-electron chi connectivity index (χ2n) is 9.37.